The maximum Gasteiger partial charge on any atom is 0.336 e. The molecule has 0 bridgehead atoms. The number of aromatic carboxylic acids is 1. The lowest BCUT2D eigenvalue weighted by Gasteiger charge is -2.30. The highest BCUT2D eigenvalue weighted by Gasteiger charge is 2.25. The summed E-state index contributed by atoms with van der Waals surface area (Å²) in [5, 5.41) is 13.4. The van der Waals surface area contributed by atoms with Crippen molar-refractivity contribution in [2.45, 2.75) is 79.8 Å². The first-order chi connectivity index (χ1) is 20.4. The second-order valence-electron chi connectivity index (χ2n) is 12.8. The van der Waals surface area contributed by atoms with Gasteiger partial charge in [0.25, 0.3) is 0 Å². The Kier molecular flexibility index (Phi) is 10.1. The average molecular weight is 574 g/mol. The Labute approximate surface area is 258 Å². The quantitative estimate of drug-likeness (QED) is 0.188. The van der Waals surface area contributed by atoms with Crippen LogP contribution >= 0.6 is 0 Å². The molecule has 0 saturated heterocycles. The first-order valence-electron chi connectivity index (χ1n) is 15.4. The molecule has 0 heterocycles. The number of hydrogen-bond donors (Lipinski definition) is 2. The molecule has 0 aliphatic carbocycles. The molecule has 0 aliphatic rings. The van der Waals surface area contributed by atoms with Crippen molar-refractivity contribution in [3.63, 3.8) is 0 Å². The van der Waals surface area contributed by atoms with Gasteiger partial charge in [-0.1, -0.05) is 98.3 Å². The van der Waals surface area contributed by atoms with Gasteiger partial charge in [-0.2, -0.15) is 0 Å². The van der Waals surface area contributed by atoms with E-state index in [4.69, 9.17) is 0 Å². The molecule has 0 fully saturated rings. The summed E-state index contributed by atoms with van der Waals surface area (Å²) in [6.07, 6.45) is 0.945. The molecule has 224 valence electrons. The molecule has 0 spiro atoms. The fourth-order valence-corrected chi connectivity index (χ4v) is 5.76. The van der Waals surface area contributed by atoms with E-state index in [1.807, 2.05) is 24.3 Å². The van der Waals surface area contributed by atoms with Crippen LogP contribution in [0, 0.1) is 12.8 Å². The van der Waals surface area contributed by atoms with E-state index >= 15 is 0 Å². The van der Waals surface area contributed by atoms with Crippen LogP contribution in [0.15, 0.2) is 96.6 Å². The third-order valence-corrected chi connectivity index (χ3v) is 9.24. The number of allylic oxidation sites excluding steroid dienone is 2. The third-order valence-electron chi connectivity index (χ3n) is 9.24. The molecule has 4 aromatic rings. The Morgan fingerprint density at radius 3 is 2.14 bits per heavy atom. The summed E-state index contributed by atoms with van der Waals surface area (Å²) < 4.78 is 0. The first-order valence-corrected chi connectivity index (χ1v) is 15.4. The number of hydrogen-bond acceptors (Lipinski definition) is 2. The van der Waals surface area contributed by atoms with Crippen LogP contribution in [0.25, 0.3) is 16.7 Å². The van der Waals surface area contributed by atoms with Crippen LogP contribution in [0.1, 0.15) is 98.1 Å². The van der Waals surface area contributed by atoms with Crippen LogP contribution in [-0.2, 0) is 18.5 Å². The molecule has 0 aromatic heterocycles. The molecule has 4 rings (SSSR count). The van der Waals surface area contributed by atoms with E-state index in [0.717, 1.165) is 24.1 Å². The zero-order chi connectivity index (χ0) is 31.3. The zero-order valence-corrected chi connectivity index (χ0v) is 27.1. The van der Waals surface area contributed by atoms with Crippen LogP contribution in [0.5, 0.6) is 0 Å². The van der Waals surface area contributed by atoms with Gasteiger partial charge in [0.2, 0.25) is 0 Å². The molecular formula is C40H47NO2. The molecule has 0 saturated carbocycles. The Morgan fingerprint density at radius 1 is 0.837 bits per heavy atom. The number of carbonyl (C=O) groups is 1. The van der Waals surface area contributed by atoms with Gasteiger partial charge in [0.05, 0.1) is 5.56 Å². The SMILES string of the molecule is CC(C)=C(C)c1cc(C(C)(C)NCc2ccccc2C)ccc1C(C)C(C)Cc1ccc(-c2ccccc2C(=O)O)cc1. The summed E-state index contributed by atoms with van der Waals surface area (Å²) in [4.78, 5) is 11.7. The standard InChI is InChI=1S/C40H47NO2/c1-26(2)29(5)38-24-34(40(7,8)41-25-33-14-10-9-13-27(33)3)21-22-35(38)30(6)28(4)23-31-17-19-32(20-18-31)36-15-11-12-16-37(36)39(42)43/h9-22,24,28,30,41H,23,25H2,1-8H3,(H,42,43). The number of benzene rings is 4. The van der Waals surface area contributed by atoms with E-state index in [0.29, 0.717) is 17.4 Å². The predicted octanol–water partition coefficient (Wildman–Crippen LogP) is 10.2. The molecule has 0 radical (unpaired) electrons. The van der Waals surface area contributed by atoms with Crippen molar-refractivity contribution in [2.75, 3.05) is 0 Å². The summed E-state index contributed by atoms with van der Waals surface area (Å²) in [7, 11) is 0. The Balaban J connectivity index is 1.56. The van der Waals surface area contributed by atoms with Crippen LogP contribution in [-0.4, -0.2) is 11.1 Å². The summed E-state index contributed by atoms with van der Waals surface area (Å²) >= 11 is 0. The molecule has 3 heteroatoms. The van der Waals surface area contributed by atoms with Crippen molar-refractivity contribution in [3.05, 3.63) is 136 Å². The second kappa shape index (κ2) is 13.6. The molecule has 2 N–H and O–H groups in total. The Hall–Kier alpha value is -3.95. The molecule has 0 amide bonds. The maximum absolute atomic E-state index is 11.7. The summed E-state index contributed by atoms with van der Waals surface area (Å²) in [5.41, 5.74) is 12.4. The van der Waals surface area contributed by atoms with Crippen LogP contribution in [0.3, 0.4) is 0 Å². The van der Waals surface area contributed by atoms with E-state index in [1.165, 1.54) is 44.5 Å². The second-order valence-corrected chi connectivity index (χ2v) is 12.8. The Morgan fingerprint density at radius 2 is 1.49 bits per heavy atom. The fourth-order valence-electron chi connectivity index (χ4n) is 5.76. The van der Waals surface area contributed by atoms with Crippen molar-refractivity contribution in [2.24, 2.45) is 5.92 Å². The van der Waals surface area contributed by atoms with Crippen LogP contribution < -0.4 is 5.32 Å². The highest BCUT2D eigenvalue weighted by Crippen LogP contribution is 2.36. The normalized spacial score (nSPS) is 12.9. The molecule has 4 aromatic carbocycles. The van der Waals surface area contributed by atoms with Gasteiger partial charge in [-0.25, -0.2) is 4.79 Å². The van der Waals surface area contributed by atoms with Crippen molar-refractivity contribution in [1.29, 1.82) is 0 Å². The van der Waals surface area contributed by atoms with Gasteiger partial charge >= 0.3 is 5.97 Å². The fraction of sp³-hybridized carbons (Fsp3) is 0.325. The van der Waals surface area contributed by atoms with Crippen molar-refractivity contribution < 1.29 is 9.90 Å². The molecule has 43 heavy (non-hydrogen) atoms. The minimum absolute atomic E-state index is 0.187. The van der Waals surface area contributed by atoms with Gasteiger partial charge in [0.15, 0.2) is 0 Å². The van der Waals surface area contributed by atoms with Gasteiger partial charge in [0, 0.05) is 12.1 Å². The lowest BCUT2D eigenvalue weighted by molar-refractivity contribution is 0.0697. The molecule has 2 unspecified atom stereocenters. The predicted molar refractivity (Wildman–Crippen MR) is 182 cm³/mol. The highest BCUT2D eigenvalue weighted by atomic mass is 16.4. The van der Waals surface area contributed by atoms with Crippen LogP contribution in [0.4, 0.5) is 0 Å². The van der Waals surface area contributed by atoms with E-state index in [1.54, 1.807) is 12.1 Å². The maximum atomic E-state index is 11.7. The monoisotopic (exact) mass is 573 g/mol. The van der Waals surface area contributed by atoms with Crippen molar-refractivity contribution in [1.82, 2.24) is 5.32 Å². The van der Waals surface area contributed by atoms with E-state index in [9.17, 15) is 9.90 Å². The van der Waals surface area contributed by atoms with Gasteiger partial charge in [-0.3, -0.25) is 0 Å². The molecular weight excluding hydrogens is 526 g/mol. The molecule has 0 aliphatic heterocycles. The third kappa shape index (κ3) is 7.53. The number of carboxylic acids is 1. The van der Waals surface area contributed by atoms with Gasteiger partial charge in [-0.05, 0) is 122 Å². The summed E-state index contributed by atoms with van der Waals surface area (Å²) in [6, 6.07) is 31.2. The van der Waals surface area contributed by atoms with Crippen LogP contribution in [0.2, 0.25) is 0 Å². The number of carboxylic acid groups (broad SMARTS) is 1. The number of rotatable bonds is 11. The smallest absolute Gasteiger partial charge is 0.336 e. The minimum Gasteiger partial charge on any atom is -0.478 e. The Bertz CT molecular complexity index is 1610. The van der Waals surface area contributed by atoms with Gasteiger partial charge < -0.3 is 10.4 Å². The zero-order valence-electron chi connectivity index (χ0n) is 27.1. The van der Waals surface area contributed by atoms with E-state index < -0.39 is 5.97 Å². The largest absolute Gasteiger partial charge is 0.478 e. The topological polar surface area (TPSA) is 49.3 Å². The lowest BCUT2D eigenvalue weighted by atomic mass is 9.79. The van der Waals surface area contributed by atoms with Crippen molar-refractivity contribution in [3.8, 4) is 11.1 Å². The van der Waals surface area contributed by atoms with Crippen molar-refractivity contribution >= 4 is 11.5 Å². The average Bonchev–Trinajstić information content (AvgIpc) is 3.00. The minimum atomic E-state index is -0.902. The van der Waals surface area contributed by atoms with Gasteiger partial charge in [0.1, 0.15) is 0 Å². The lowest BCUT2D eigenvalue weighted by Crippen LogP contribution is -2.36. The highest BCUT2D eigenvalue weighted by molar-refractivity contribution is 5.96. The molecule has 2 atom stereocenters. The van der Waals surface area contributed by atoms with Gasteiger partial charge in [-0.15, -0.1) is 0 Å². The number of aryl methyl sites for hydroxylation is 1. The van der Waals surface area contributed by atoms with E-state index in [2.05, 4.69) is 115 Å². The van der Waals surface area contributed by atoms with E-state index in [-0.39, 0.29) is 5.54 Å². The number of nitrogens with one attached hydrogen (secondary N) is 1. The molecule has 3 nitrogen and oxygen atoms in total. The first kappa shape index (κ1) is 32.0. The summed E-state index contributed by atoms with van der Waals surface area (Å²) in [6.45, 7) is 18.9. The summed E-state index contributed by atoms with van der Waals surface area (Å²) in [5.74, 6) is -0.131.